The van der Waals surface area contributed by atoms with Crippen molar-refractivity contribution in [2.24, 2.45) is 5.41 Å². The van der Waals surface area contributed by atoms with Crippen molar-refractivity contribution >= 4 is 5.78 Å². The smallest absolute Gasteiger partial charge is 0.163 e. The van der Waals surface area contributed by atoms with E-state index >= 15 is 0 Å². The molecule has 0 amide bonds. The van der Waals surface area contributed by atoms with E-state index in [1.807, 2.05) is 6.07 Å². The van der Waals surface area contributed by atoms with Crippen molar-refractivity contribution in [1.82, 2.24) is 0 Å². The number of carbonyl (C=O) groups excluding carboxylic acids is 1. The van der Waals surface area contributed by atoms with Crippen LogP contribution in [0.3, 0.4) is 0 Å². The van der Waals surface area contributed by atoms with E-state index in [2.05, 4.69) is 0 Å². The molecule has 0 radical (unpaired) electrons. The molecule has 0 unspecified atom stereocenters. The quantitative estimate of drug-likeness (QED) is 0.782. The van der Waals surface area contributed by atoms with Crippen LogP contribution in [0.2, 0.25) is 0 Å². The van der Waals surface area contributed by atoms with Crippen LogP contribution in [0.15, 0.2) is 24.3 Å². The van der Waals surface area contributed by atoms with Gasteiger partial charge in [-0.05, 0) is 19.1 Å². The van der Waals surface area contributed by atoms with E-state index in [1.54, 1.807) is 18.2 Å². The Hall–Kier alpha value is -1.39. The summed E-state index contributed by atoms with van der Waals surface area (Å²) >= 11 is 0. The van der Waals surface area contributed by atoms with E-state index in [0.717, 1.165) is 0 Å². The van der Waals surface area contributed by atoms with Gasteiger partial charge in [-0.2, -0.15) is 0 Å². The van der Waals surface area contributed by atoms with E-state index in [4.69, 9.17) is 9.47 Å². The minimum atomic E-state index is -0.302. The molecule has 1 saturated heterocycles. The normalized spacial score (nSPS) is 17.3. The molecule has 0 saturated carbocycles. The maximum absolute atomic E-state index is 11.4. The molecule has 92 valence electrons. The zero-order valence-electron chi connectivity index (χ0n) is 9.81. The van der Waals surface area contributed by atoms with Crippen molar-refractivity contribution < 1.29 is 19.4 Å². The highest BCUT2D eigenvalue weighted by Crippen LogP contribution is 2.29. The third-order valence-corrected chi connectivity index (χ3v) is 2.95. The van der Waals surface area contributed by atoms with Gasteiger partial charge in [-0.25, -0.2) is 0 Å². The van der Waals surface area contributed by atoms with Gasteiger partial charge in [0.1, 0.15) is 12.4 Å². The zero-order valence-corrected chi connectivity index (χ0v) is 9.81. The molecule has 1 N–H and O–H groups in total. The third kappa shape index (κ3) is 2.48. The number of para-hydroxylation sites is 1. The van der Waals surface area contributed by atoms with E-state index < -0.39 is 0 Å². The first-order valence-corrected chi connectivity index (χ1v) is 5.58. The lowest BCUT2D eigenvalue weighted by molar-refractivity contribution is -0.153. The Kier molecular flexibility index (Phi) is 3.45. The maximum atomic E-state index is 11.4. The maximum Gasteiger partial charge on any atom is 0.163 e. The van der Waals surface area contributed by atoms with Gasteiger partial charge in [0.15, 0.2) is 5.78 Å². The molecule has 1 aliphatic heterocycles. The summed E-state index contributed by atoms with van der Waals surface area (Å²) in [5.74, 6) is 0.545. The second-order valence-corrected chi connectivity index (χ2v) is 4.49. The molecule has 1 heterocycles. The van der Waals surface area contributed by atoms with Crippen molar-refractivity contribution in [3.8, 4) is 5.75 Å². The average Bonchev–Trinajstić information content (AvgIpc) is 2.28. The fourth-order valence-corrected chi connectivity index (χ4v) is 1.73. The second-order valence-electron chi connectivity index (χ2n) is 4.49. The number of ether oxygens (including phenoxy) is 2. The van der Waals surface area contributed by atoms with Crippen molar-refractivity contribution in [2.45, 2.75) is 6.92 Å². The molecule has 0 aromatic heterocycles. The zero-order chi connectivity index (χ0) is 12.3. The average molecular weight is 236 g/mol. The van der Waals surface area contributed by atoms with Crippen molar-refractivity contribution in [3.05, 3.63) is 29.8 Å². The molecular formula is C13H16O4. The van der Waals surface area contributed by atoms with Crippen LogP contribution in [0.25, 0.3) is 0 Å². The summed E-state index contributed by atoms with van der Waals surface area (Å²) in [5, 5.41) is 9.27. The van der Waals surface area contributed by atoms with Gasteiger partial charge in [-0.3, -0.25) is 4.79 Å². The van der Waals surface area contributed by atoms with Gasteiger partial charge in [0, 0.05) is 0 Å². The summed E-state index contributed by atoms with van der Waals surface area (Å²) in [6.45, 7) is 2.93. The number of aliphatic hydroxyl groups is 1. The number of rotatable bonds is 5. The Bertz CT molecular complexity index is 404. The van der Waals surface area contributed by atoms with Crippen LogP contribution in [0.1, 0.15) is 17.3 Å². The van der Waals surface area contributed by atoms with Gasteiger partial charge in [0.05, 0.1) is 30.8 Å². The summed E-state index contributed by atoms with van der Waals surface area (Å²) in [4.78, 5) is 11.4. The van der Waals surface area contributed by atoms with Crippen molar-refractivity contribution in [2.75, 3.05) is 26.4 Å². The lowest BCUT2D eigenvalue weighted by Crippen LogP contribution is -2.50. The topological polar surface area (TPSA) is 55.8 Å². The number of ketones is 1. The highest BCUT2D eigenvalue weighted by molar-refractivity contribution is 5.96. The fourth-order valence-electron chi connectivity index (χ4n) is 1.73. The van der Waals surface area contributed by atoms with Crippen LogP contribution in [0, 0.1) is 5.41 Å². The SMILES string of the molecule is CC(=O)c1ccccc1OCC1(CO)COC1. The first-order chi connectivity index (χ1) is 8.17. The van der Waals surface area contributed by atoms with Gasteiger partial charge >= 0.3 is 0 Å². The van der Waals surface area contributed by atoms with Gasteiger partial charge in [-0.1, -0.05) is 12.1 Å². The highest BCUT2D eigenvalue weighted by atomic mass is 16.5. The van der Waals surface area contributed by atoms with E-state index in [9.17, 15) is 9.90 Å². The van der Waals surface area contributed by atoms with Crippen LogP contribution < -0.4 is 4.74 Å². The lowest BCUT2D eigenvalue weighted by Gasteiger charge is -2.39. The van der Waals surface area contributed by atoms with Gasteiger partial charge in [-0.15, -0.1) is 0 Å². The molecule has 0 atom stereocenters. The molecule has 1 aromatic carbocycles. The largest absolute Gasteiger partial charge is 0.492 e. The van der Waals surface area contributed by atoms with Crippen LogP contribution in [-0.2, 0) is 4.74 Å². The Balaban J connectivity index is 2.06. The summed E-state index contributed by atoms with van der Waals surface area (Å²) < 4.78 is 10.7. The molecule has 1 fully saturated rings. The fraction of sp³-hybridized carbons (Fsp3) is 0.462. The molecule has 4 heteroatoms. The molecule has 0 bridgehead atoms. The van der Waals surface area contributed by atoms with Gasteiger partial charge < -0.3 is 14.6 Å². The lowest BCUT2D eigenvalue weighted by atomic mass is 9.88. The molecule has 17 heavy (non-hydrogen) atoms. The number of aliphatic hydroxyl groups excluding tert-OH is 1. The van der Waals surface area contributed by atoms with Crippen LogP contribution in [-0.4, -0.2) is 37.3 Å². The molecule has 0 spiro atoms. The molecule has 1 aliphatic rings. The third-order valence-electron chi connectivity index (χ3n) is 2.95. The molecule has 4 nitrogen and oxygen atoms in total. The van der Waals surface area contributed by atoms with E-state index in [-0.39, 0.29) is 17.8 Å². The summed E-state index contributed by atoms with van der Waals surface area (Å²) in [7, 11) is 0. The highest BCUT2D eigenvalue weighted by Gasteiger charge is 2.39. The number of hydrogen-bond acceptors (Lipinski definition) is 4. The van der Waals surface area contributed by atoms with Crippen LogP contribution in [0.4, 0.5) is 0 Å². The Morgan fingerprint density at radius 3 is 2.71 bits per heavy atom. The Morgan fingerprint density at radius 2 is 2.18 bits per heavy atom. The monoisotopic (exact) mass is 236 g/mol. The molecule has 1 aromatic rings. The summed E-state index contributed by atoms with van der Waals surface area (Å²) in [6, 6.07) is 7.13. The number of carbonyl (C=O) groups is 1. The van der Waals surface area contributed by atoms with Crippen LogP contribution in [0.5, 0.6) is 5.75 Å². The summed E-state index contributed by atoms with van der Waals surface area (Å²) in [6.07, 6.45) is 0. The first-order valence-electron chi connectivity index (χ1n) is 5.58. The Morgan fingerprint density at radius 1 is 1.47 bits per heavy atom. The van der Waals surface area contributed by atoms with Gasteiger partial charge in [0.25, 0.3) is 0 Å². The summed E-state index contributed by atoms with van der Waals surface area (Å²) in [5.41, 5.74) is 0.269. The predicted molar refractivity (Wildman–Crippen MR) is 62.3 cm³/mol. The minimum Gasteiger partial charge on any atom is -0.492 e. The second kappa shape index (κ2) is 4.85. The molecular weight excluding hydrogens is 220 g/mol. The predicted octanol–water partition coefficient (Wildman–Crippen LogP) is 1.28. The molecule has 2 rings (SSSR count). The minimum absolute atomic E-state index is 0.0245. The number of hydrogen-bond donors (Lipinski definition) is 1. The molecule has 0 aliphatic carbocycles. The van der Waals surface area contributed by atoms with Crippen LogP contribution >= 0.6 is 0 Å². The number of Topliss-reactive ketones (excluding diaryl/α,β-unsaturated/α-hetero) is 1. The van der Waals surface area contributed by atoms with E-state index in [0.29, 0.717) is 31.1 Å². The van der Waals surface area contributed by atoms with Crippen molar-refractivity contribution in [3.63, 3.8) is 0 Å². The standard InChI is InChI=1S/C13H16O4/c1-10(15)11-4-2-3-5-12(11)17-9-13(6-14)7-16-8-13/h2-5,14H,6-9H2,1H3. The first kappa shape index (κ1) is 12.1. The van der Waals surface area contributed by atoms with E-state index in [1.165, 1.54) is 6.92 Å². The van der Waals surface area contributed by atoms with Gasteiger partial charge in [0.2, 0.25) is 0 Å². The Labute approximate surface area is 100 Å². The number of benzene rings is 1. The van der Waals surface area contributed by atoms with Crippen molar-refractivity contribution in [1.29, 1.82) is 0 Å².